The number of hydrogen-bond acceptors (Lipinski definition) is 4. The third-order valence-corrected chi connectivity index (χ3v) is 5.62. The number of halogens is 2. The van der Waals surface area contributed by atoms with Crippen LogP contribution >= 0.6 is 23.2 Å². The largest absolute Gasteiger partial charge is 0.283 e. The van der Waals surface area contributed by atoms with Crippen LogP contribution in [0.15, 0.2) is 72.8 Å². The summed E-state index contributed by atoms with van der Waals surface area (Å²) in [5, 5.41) is 21.4. The van der Waals surface area contributed by atoms with Gasteiger partial charge in [0.1, 0.15) is 0 Å². The number of nitro benzene ring substituents is 2. The Kier molecular flexibility index (Phi) is 6.82. The molecule has 0 saturated carbocycles. The molecule has 0 fully saturated rings. The summed E-state index contributed by atoms with van der Waals surface area (Å²) < 4.78 is 0. The van der Waals surface area contributed by atoms with Crippen molar-refractivity contribution in [2.75, 3.05) is 0 Å². The second kappa shape index (κ2) is 9.52. The Morgan fingerprint density at radius 2 is 1.30 bits per heavy atom. The lowest BCUT2D eigenvalue weighted by atomic mass is 9.98. The van der Waals surface area contributed by atoms with Crippen molar-refractivity contribution in [2.24, 2.45) is 0 Å². The SMILES string of the molecule is O=[N+]([O-])c1cc([N+](=O)[O-])c(C(Cl)C(Cl)c2ccccc2)cc1/C=C\c1ccccc1. The molecule has 0 spiro atoms. The fourth-order valence-electron chi connectivity index (χ4n) is 3.00. The van der Waals surface area contributed by atoms with Gasteiger partial charge in [-0.2, -0.15) is 0 Å². The Balaban J connectivity index is 2.10. The molecule has 30 heavy (non-hydrogen) atoms. The van der Waals surface area contributed by atoms with Gasteiger partial charge in [-0.15, -0.1) is 23.2 Å². The maximum absolute atomic E-state index is 11.6. The zero-order valence-corrected chi connectivity index (χ0v) is 17.0. The monoisotopic (exact) mass is 442 g/mol. The quantitative estimate of drug-likeness (QED) is 0.171. The summed E-state index contributed by atoms with van der Waals surface area (Å²) in [6.45, 7) is 0. The first kappa shape index (κ1) is 21.5. The molecule has 0 aromatic heterocycles. The molecule has 0 saturated heterocycles. The lowest BCUT2D eigenvalue weighted by molar-refractivity contribution is -0.394. The van der Waals surface area contributed by atoms with Crippen LogP contribution in [0.3, 0.4) is 0 Å². The van der Waals surface area contributed by atoms with E-state index in [1.807, 2.05) is 36.4 Å². The molecule has 0 N–H and O–H groups in total. The maximum Gasteiger partial charge on any atom is 0.283 e. The van der Waals surface area contributed by atoms with Gasteiger partial charge in [0.2, 0.25) is 0 Å². The minimum absolute atomic E-state index is 0.115. The molecule has 6 nitrogen and oxygen atoms in total. The molecular formula is C22H16Cl2N2O4. The van der Waals surface area contributed by atoms with Gasteiger partial charge < -0.3 is 0 Å². The summed E-state index contributed by atoms with van der Waals surface area (Å²) in [6.07, 6.45) is 3.23. The molecule has 152 valence electrons. The van der Waals surface area contributed by atoms with Crippen molar-refractivity contribution in [1.29, 1.82) is 0 Å². The fourth-order valence-corrected chi connectivity index (χ4v) is 3.60. The van der Waals surface area contributed by atoms with E-state index in [1.165, 1.54) is 12.1 Å². The van der Waals surface area contributed by atoms with Gasteiger partial charge in [-0.05, 0) is 23.3 Å². The van der Waals surface area contributed by atoms with Crippen molar-refractivity contribution >= 4 is 46.7 Å². The second-order valence-electron chi connectivity index (χ2n) is 6.44. The van der Waals surface area contributed by atoms with Crippen LogP contribution < -0.4 is 0 Å². The summed E-state index contributed by atoms with van der Waals surface area (Å²) in [7, 11) is 0. The third kappa shape index (κ3) is 4.84. The Morgan fingerprint density at radius 1 is 0.733 bits per heavy atom. The third-order valence-electron chi connectivity index (χ3n) is 4.50. The summed E-state index contributed by atoms with van der Waals surface area (Å²) in [4.78, 5) is 21.8. The average molecular weight is 443 g/mol. The number of alkyl halides is 2. The van der Waals surface area contributed by atoms with Crippen LogP contribution in [0, 0.1) is 20.2 Å². The highest BCUT2D eigenvalue weighted by atomic mass is 35.5. The van der Waals surface area contributed by atoms with Crippen LogP contribution in [0.4, 0.5) is 11.4 Å². The van der Waals surface area contributed by atoms with Crippen molar-refractivity contribution < 1.29 is 9.85 Å². The summed E-state index contributed by atoms with van der Waals surface area (Å²) in [6, 6.07) is 20.4. The smallest absolute Gasteiger partial charge is 0.258 e. The van der Waals surface area contributed by atoms with E-state index in [0.29, 0.717) is 5.56 Å². The molecule has 0 aliphatic heterocycles. The molecular weight excluding hydrogens is 427 g/mol. The normalized spacial score (nSPS) is 13.1. The first-order valence-electron chi connectivity index (χ1n) is 8.91. The average Bonchev–Trinajstić information content (AvgIpc) is 2.77. The van der Waals surface area contributed by atoms with Crippen LogP contribution in [-0.4, -0.2) is 9.85 Å². The lowest BCUT2D eigenvalue weighted by Gasteiger charge is -2.17. The Bertz CT molecular complexity index is 1090. The highest BCUT2D eigenvalue weighted by Crippen LogP contribution is 2.44. The zero-order chi connectivity index (χ0) is 21.7. The van der Waals surface area contributed by atoms with Gasteiger partial charge in [0.25, 0.3) is 11.4 Å². The molecule has 0 aliphatic carbocycles. The molecule has 0 aliphatic rings. The fraction of sp³-hybridized carbons (Fsp3) is 0.0909. The first-order valence-corrected chi connectivity index (χ1v) is 9.78. The second-order valence-corrected chi connectivity index (χ2v) is 7.38. The van der Waals surface area contributed by atoms with Gasteiger partial charge >= 0.3 is 0 Å². The van der Waals surface area contributed by atoms with Crippen LogP contribution in [0.5, 0.6) is 0 Å². The van der Waals surface area contributed by atoms with E-state index >= 15 is 0 Å². The van der Waals surface area contributed by atoms with Gasteiger partial charge in [-0.1, -0.05) is 66.7 Å². The molecule has 0 heterocycles. The summed E-state index contributed by atoms with van der Waals surface area (Å²) in [5.74, 6) is 0. The highest BCUT2D eigenvalue weighted by molar-refractivity contribution is 6.30. The Morgan fingerprint density at radius 3 is 1.87 bits per heavy atom. The minimum Gasteiger partial charge on any atom is -0.258 e. The highest BCUT2D eigenvalue weighted by Gasteiger charge is 2.31. The predicted octanol–water partition coefficient (Wildman–Crippen LogP) is 6.93. The maximum atomic E-state index is 11.6. The van der Waals surface area contributed by atoms with Crippen molar-refractivity contribution in [3.8, 4) is 0 Å². The van der Waals surface area contributed by atoms with E-state index in [-0.39, 0.29) is 16.8 Å². The molecule has 3 aromatic carbocycles. The molecule has 0 bridgehead atoms. The predicted molar refractivity (Wildman–Crippen MR) is 119 cm³/mol. The van der Waals surface area contributed by atoms with E-state index in [0.717, 1.165) is 11.6 Å². The van der Waals surface area contributed by atoms with E-state index < -0.39 is 26.3 Å². The van der Waals surface area contributed by atoms with Crippen LogP contribution in [-0.2, 0) is 0 Å². The van der Waals surface area contributed by atoms with E-state index in [2.05, 4.69) is 0 Å². The number of rotatable bonds is 7. The van der Waals surface area contributed by atoms with E-state index in [1.54, 1.807) is 30.3 Å². The number of nitro groups is 2. The number of benzene rings is 3. The molecule has 0 radical (unpaired) electrons. The molecule has 3 aromatic rings. The van der Waals surface area contributed by atoms with Crippen LogP contribution in [0.1, 0.15) is 33.0 Å². The summed E-state index contributed by atoms with van der Waals surface area (Å²) >= 11 is 13.0. The van der Waals surface area contributed by atoms with Gasteiger partial charge in [0.15, 0.2) is 0 Å². The number of hydrogen-bond donors (Lipinski definition) is 0. The molecule has 0 amide bonds. The zero-order valence-electron chi connectivity index (χ0n) is 15.5. The standard InChI is InChI=1S/C22H16Cl2N2O4/c23-21(16-9-5-2-6-10-16)22(24)18-13-17(12-11-15-7-3-1-4-8-15)19(25(27)28)14-20(18)26(29)30/h1-14,21-22H/b12-11-. The van der Waals surface area contributed by atoms with Crippen LogP contribution in [0.2, 0.25) is 0 Å². The van der Waals surface area contributed by atoms with Gasteiger partial charge in [-0.25, -0.2) is 0 Å². The van der Waals surface area contributed by atoms with Gasteiger partial charge in [0, 0.05) is 0 Å². The van der Waals surface area contributed by atoms with Crippen molar-refractivity contribution in [1.82, 2.24) is 0 Å². The minimum atomic E-state index is -0.973. The first-order chi connectivity index (χ1) is 14.4. The van der Waals surface area contributed by atoms with Crippen molar-refractivity contribution in [2.45, 2.75) is 10.8 Å². The van der Waals surface area contributed by atoms with Gasteiger partial charge in [-0.3, -0.25) is 20.2 Å². The molecule has 2 unspecified atom stereocenters. The van der Waals surface area contributed by atoms with E-state index in [4.69, 9.17) is 23.2 Å². The lowest BCUT2D eigenvalue weighted by Crippen LogP contribution is -2.06. The van der Waals surface area contributed by atoms with Crippen molar-refractivity contribution in [3.63, 3.8) is 0 Å². The number of nitrogens with zero attached hydrogens (tertiary/aromatic N) is 2. The summed E-state index contributed by atoms with van der Waals surface area (Å²) in [5.41, 5.74) is 1.00. The van der Waals surface area contributed by atoms with Crippen molar-refractivity contribution in [3.05, 3.63) is 115 Å². The van der Waals surface area contributed by atoms with Crippen LogP contribution in [0.25, 0.3) is 12.2 Å². The molecule has 3 rings (SSSR count). The van der Waals surface area contributed by atoms with Gasteiger partial charge in [0.05, 0.1) is 37.8 Å². The van der Waals surface area contributed by atoms with E-state index in [9.17, 15) is 20.2 Å². The Labute approximate surface area is 182 Å². The molecule has 8 heteroatoms. The Hall–Kier alpha value is -3.22. The molecule has 2 atom stereocenters. The topological polar surface area (TPSA) is 86.3 Å².